The van der Waals surface area contributed by atoms with Gasteiger partial charge in [0.25, 0.3) is 0 Å². The zero-order valence-electron chi connectivity index (χ0n) is 20.9. The normalized spacial score (nSPS) is 11.2. The fourth-order valence-corrected chi connectivity index (χ4v) is 4.60. The maximum absolute atomic E-state index is 10.4. The van der Waals surface area contributed by atoms with Gasteiger partial charge in [0.05, 0.1) is 13.2 Å². The van der Waals surface area contributed by atoms with Crippen molar-refractivity contribution in [3.8, 4) is 0 Å². The van der Waals surface area contributed by atoms with E-state index in [2.05, 4.69) is 86.8 Å². The van der Waals surface area contributed by atoms with Gasteiger partial charge in [-0.15, -0.1) is 0 Å². The van der Waals surface area contributed by atoms with Crippen LogP contribution < -0.4 is 5.73 Å². The predicted octanol–water partition coefficient (Wildman–Crippen LogP) is 5.46. The van der Waals surface area contributed by atoms with Crippen LogP contribution in [0.25, 0.3) is 0 Å². The Balaban J connectivity index is 0.000000392. The molecule has 0 amide bonds. The lowest BCUT2D eigenvalue weighted by Crippen LogP contribution is -2.38. The van der Waals surface area contributed by atoms with Crippen molar-refractivity contribution in [3.63, 3.8) is 0 Å². The topological polar surface area (TPSA) is 92.3 Å². The molecule has 0 fully saturated rings. The number of aryl methyl sites for hydroxylation is 1. The minimum absolute atomic E-state index is 0.456. The highest BCUT2D eigenvalue weighted by Gasteiger charge is 2.39. The van der Waals surface area contributed by atoms with Crippen molar-refractivity contribution in [2.24, 2.45) is 5.73 Å². The van der Waals surface area contributed by atoms with Crippen LogP contribution in [0.3, 0.4) is 0 Å². The molecule has 1 heterocycles. The molecular formula is C28H35N4O3P. The second-order valence-corrected chi connectivity index (χ2v) is 9.00. The molecule has 4 aromatic rings. The molecule has 190 valence electrons. The van der Waals surface area contributed by atoms with Crippen LogP contribution in [0.2, 0.25) is 0 Å². The Morgan fingerprint density at radius 2 is 1.25 bits per heavy atom. The summed E-state index contributed by atoms with van der Waals surface area (Å²) in [5, 5.41) is 4.90. The van der Waals surface area contributed by atoms with Gasteiger partial charge in [-0.05, 0) is 43.5 Å². The Labute approximate surface area is 214 Å². The third-order valence-electron chi connectivity index (χ3n) is 5.59. The number of hydrogen-bond acceptors (Lipinski definition) is 6. The molecular weight excluding hydrogens is 471 g/mol. The van der Waals surface area contributed by atoms with Gasteiger partial charge in [0.15, 0.2) is 5.82 Å². The van der Waals surface area contributed by atoms with Crippen molar-refractivity contribution in [2.75, 3.05) is 19.8 Å². The van der Waals surface area contributed by atoms with Gasteiger partial charge in [-0.25, -0.2) is 9.67 Å². The van der Waals surface area contributed by atoms with E-state index in [1.807, 2.05) is 29.2 Å². The summed E-state index contributed by atoms with van der Waals surface area (Å²) in [6.07, 6.45) is 3.50. The standard InChI is InChI=1S/C24H24N4.C4H11O3P/c25-18-10-17-23-26-19-28(27-23)24(20-11-4-1-5-12-20,21-13-6-2-7-14-21)22-15-8-3-9-16-22;1-3-6-8(5)7-4-2/h1-9,11-16,19H,10,17-18,25H2;8H,3-4H2,1-2H3. The molecule has 4 rings (SSSR count). The average Bonchev–Trinajstić information content (AvgIpc) is 3.40. The molecule has 1 aromatic heterocycles. The molecule has 0 spiro atoms. The van der Waals surface area contributed by atoms with Crippen LogP contribution in [0.15, 0.2) is 97.3 Å². The van der Waals surface area contributed by atoms with E-state index in [0.717, 1.165) is 35.4 Å². The summed E-state index contributed by atoms with van der Waals surface area (Å²) in [5.41, 5.74) is 8.50. The van der Waals surface area contributed by atoms with Crippen molar-refractivity contribution >= 4 is 8.25 Å². The van der Waals surface area contributed by atoms with Crippen LogP contribution in [0.5, 0.6) is 0 Å². The summed E-state index contributed by atoms with van der Waals surface area (Å²) in [5.74, 6) is 0.817. The molecule has 7 nitrogen and oxygen atoms in total. The highest BCUT2D eigenvalue weighted by atomic mass is 31.1. The molecule has 0 radical (unpaired) electrons. The fourth-order valence-electron chi connectivity index (χ4n) is 4.05. The molecule has 0 saturated carbocycles. The van der Waals surface area contributed by atoms with Crippen LogP contribution in [0, 0.1) is 0 Å². The highest BCUT2D eigenvalue weighted by molar-refractivity contribution is 7.33. The largest absolute Gasteiger partial charge is 0.330 e. The molecule has 8 heteroatoms. The van der Waals surface area contributed by atoms with E-state index >= 15 is 0 Å². The smallest absolute Gasteiger partial charge is 0.319 e. The maximum Gasteiger partial charge on any atom is 0.319 e. The third kappa shape index (κ3) is 6.77. The summed E-state index contributed by atoms with van der Waals surface area (Å²) in [6.45, 7) is 5.11. The Kier molecular flexibility index (Phi) is 11.0. The van der Waals surface area contributed by atoms with E-state index in [1.54, 1.807) is 13.8 Å². The van der Waals surface area contributed by atoms with E-state index in [0.29, 0.717) is 19.8 Å². The first-order valence-corrected chi connectivity index (χ1v) is 13.5. The van der Waals surface area contributed by atoms with E-state index in [-0.39, 0.29) is 0 Å². The summed E-state index contributed by atoms with van der Waals surface area (Å²) in [7, 11) is -2.14. The minimum Gasteiger partial charge on any atom is -0.330 e. The summed E-state index contributed by atoms with van der Waals surface area (Å²) in [4.78, 5) is 4.59. The zero-order chi connectivity index (χ0) is 25.6. The number of rotatable bonds is 11. The van der Waals surface area contributed by atoms with Crippen molar-refractivity contribution < 1.29 is 13.6 Å². The molecule has 0 aliphatic heterocycles. The van der Waals surface area contributed by atoms with Gasteiger partial charge < -0.3 is 14.8 Å². The Bertz CT molecular complexity index is 1070. The van der Waals surface area contributed by atoms with Gasteiger partial charge in [-0.2, -0.15) is 5.10 Å². The van der Waals surface area contributed by atoms with Gasteiger partial charge in [-0.1, -0.05) is 91.0 Å². The van der Waals surface area contributed by atoms with E-state index in [1.165, 1.54) is 0 Å². The third-order valence-corrected chi connectivity index (χ3v) is 6.64. The van der Waals surface area contributed by atoms with Crippen LogP contribution in [0.4, 0.5) is 0 Å². The quantitative estimate of drug-likeness (QED) is 0.215. The number of hydrogen-bond donors (Lipinski definition) is 1. The van der Waals surface area contributed by atoms with Gasteiger partial charge in [0.2, 0.25) is 0 Å². The molecule has 0 unspecified atom stereocenters. The number of nitrogens with two attached hydrogens (primary N) is 1. The van der Waals surface area contributed by atoms with Crippen LogP contribution in [-0.2, 0) is 25.6 Å². The summed E-state index contributed by atoms with van der Waals surface area (Å²) >= 11 is 0. The van der Waals surface area contributed by atoms with Gasteiger partial charge >= 0.3 is 8.25 Å². The van der Waals surface area contributed by atoms with Gasteiger partial charge in [-0.3, -0.25) is 4.57 Å². The second-order valence-electron chi connectivity index (χ2n) is 7.92. The van der Waals surface area contributed by atoms with Crippen LogP contribution >= 0.6 is 8.25 Å². The predicted molar refractivity (Wildman–Crippen MR) is 144 cm³/mol. The van der Waals surface area contributed by atoms with Crippen LogP contribution in [0.1, 0.15) is 42.8 Å². The molecule has 0 bridgehead atoms. The SMILES string of the molecule is CCO[PH](=O)OCC.NCCCc1ncn(C(c2ccccc2)(c2ccccc2)c2ccccc2)n1. The summed E-state index contributed by atoms with van der Waals surface area (Å²) in [6, 6.07) is 31.5. The minimum atomic E-state index is -2.14. The number of nitrogens with zero attached hydrogens (tertiary/aromatic N) is 3. The molecule has 36 heavy (non-hydrogen) atoms. The van der Waals surface area contributed by atoms with Crippen molar-refractivity contribution in [1.29, 1.82) is 0 Å². The molecule has 0 aliphatic rings. The van der Waals surface area contributed by atoms with E-state index < -0.39 is 13.8 Å². The lowest BCUT2D eigenvalue weighted by molar-refractivity contribution is 0.243. The van der Waals surface area contributed by atoms with Gasteiger partial charge in [0.1, 0.15) is 11.9 Å². The monoisotopic (exact) mass is 506 g/mol. The Hall–Kier alpha value is -3.09. The number of benzene rings is 3. The first-order valence-electron chi connectivity index (χ1n) is 12.2. The van der Waals surface area contributed by atoms with Crippen molar-refractivity contribution in [3.05, 3.63) is 120 Å². The first-order chi connectivity index (χ1) is 17.7. The van der Waals surface area contributed by atoms with E-state index in [9.17, 15) is 4.57 Å². The Morgan fingerprint density at radius 1 is 0.806 bits per heavy atom. The molecule has 0 aliphatic carbocycles. The lowest BCUT2D eigenvalue weighted by Gasteiger charge is -2.35. The number of aromatic nitrogens is 3. The molecule has 3 aromatic carbocycles. The van der Waals surface area contributed by atoms with E-state index in [4.69, 9.17) is 10.8 Å². The van der Waals surface area contributed by atoms with Crippen molar-refractivity contribution in [1.82, 2.24) is 14.8 Å². The van der Waals surface area contributed by atoms with Gasteiger partial charge in [0, 0.05) is 6.42 Å². The summed E-state index contributed by atoms with van der Waals surface area (Å²) < 4.78 is 21.6. The Morgan fingerprint density at radius 3 is 1.64 bits per heavy atom. The van der Waals surface area contributed by atoms with Crippen LogP contribution in [-0.4, -0.2) is 34.5 Å². The first kappa shape index (κ1) is 27.5. The second kappa shape index (κ2) is 14.5. The highest BCUT2D eigenvalue weighted by Crippen LogP contribution is 2.40. The maximum atomic E-state index is 10.4. The molecule has 0 saturated heterocycles. The lowest BCUT2D eigenvalue weighted by atomic mass is 9.77. The molecule has 2 N–H and O–H groups in total. The molecule has 0 atom stereocenters. The fraction of sp³-hybridized carbons (Fsp3) is 0.286. The zero-order valence-corrected chi connectivity index (χ0v) is 21.9. The van der Waals surface area contributed by atoms with Crippen molar-refractivity contribution in [2.45, 2.75) is 32.2 Å². The average molecular weight is 507 g/mol.